The van der Waals surface area contributed by atoms with Crippen LogP contribution in [0.15, 0.2) is 18.2 Å². The molecule has 0 amide bonds. The molecule has 0 radical (unpaired) electrons. The Morgan fingerprint density at radius 2 is 1.89 bits per heavy atom. The summed E-state index contributed by atoms with van der Waals surface area (Å²) in [5, 5.41) is 2.49. The fourth-order valence-electron chi connectivity index (χ4n) is 1.33. The quantitative estimate of drug-likeness (QED) is 0.808. The first-order chi connectivity index (χ1) is 8.33. The van der Waals surface area contributed by atoms with Gasteiger partial charge >= 0.3 is 0 Å². The molecular formula is C12H17F2NO2S. The van der Waals surface area contributed by atoms with Crippen molar-refractivity contribution in [2.45, 2.75) is 25.6 Å². The first kappa shape index (κ1) is 15.0. The zero-order valence-corrected chi connectivity index (χ0v) is 11.2. The number of hydrogen-bond donors (Lipinski definition) is 1. The summed E-state index contributed by atoms with van der Waals surface area (Å²) >= 11 is 0. The summed E-state index contributed by atoms with van der Waals surface area (Å²) in [7, 11) is -3.06. The average molecular weight is 277 g/mol. The molecule has 1 rings (SSSR count). The molecule has 0 atom stereocenters. The summed E-state index contributed by atoms with van der Waals surface area (Å²) in [6, 6.07) is 3.61. The van der Waals surface area contributed by atoms with Crippen molar-refractivity contribution in [1.29, 1.82) is 0 Å². The van der Waals surface area contributed by atoms with Gasteiger partial charge in [-0.05, 0) is 31.5 Å². The van der Waals surface area contributed by atoms with Crippen molar-refractivity contribution in [3.8, 4) is 0 Å². The van der Waals surface area contributed by atoms with Gasteiger partial charge in [0.2, 0.25) is 0 Å². The Kier molecular flexibility index (Phi) is 5.22. The molecule has 102 valence electrons. The zero-order valence-electron chi connectivity index (χ0n) is 10.4. The number of sulfone groups is 1. The Bertz CT molecular complexity index is 501. The van der Waals surface area contributed by atoms with E-state index in [0.717, 1.165) is 12.1 Å². The third-order valence-electron chi connectivity index (χ3n) is 2.59. The Morgan fingerprint density at radius 1 is 1.22 bits per heavy atom. The van der Waals surface area contributed by atoms with Gasteiger partial charge in [0.1, 0.15) is 0 Å². The smallest absolute Gasteiger partial charge is 0.159 e. The number of benzene rings is 1. The predicted octanol–water partition coefficient (Wildman–Crippen LogP) is 1.88. The summed E-state index contributed by atoms with van der Waals surface area (Å²) in [6.45, 7) is 3.86. The summed E-state index contributed by atoms with van der Waals surface area (Å²) < 4.78 is 48.5. The minimum atomic E-state index is -3.06. The molecule has 0 aliphatic heterocycles. The molecule has 0 aromatic heterocycles. The minimum absolute atomic E-state index is 0.0361. The lowest BCUT2D eigenvalue weighted by Gasteiger charge is -2.08. The summed E-state index contributed by atoms with van der Waals surface area (Å²) in [5.74, 6) is -1.75. The standard InChI is InChI=1S/C12H17F2NO2S/c1-9(2)18(16,17)6-5-15-8-10-3-4-11(13)12(14)7-10/h3-4,7,9,15H,5-6,8H2,1-2H3. The molecule has 3 nitrogen and oxygen atoms in total. The monoisotopic (exact) mass is 277 g/mol. The Hall–Kier alpha value is -1.01. The number of halogens is 2. The van der Waals surface area contributed by atoms with E-state index >= 15 is 0 Å². The van der Waals surface area contributed by atoms with Crippen molar-refractivity contribution >= 4 is 9.84 Å². The van der Waals surface area contributed by atoms with Gasteiger partial charge in [0, 0.05) is 13.1 Å². The van der Waals surface area contributed by atoms with E-state index in [4.69, 9.17) is 0 Å². The molecule has 0 aliphatic rings. The fraction of sp³-hybridized carbons (Fsp3) is 0.500. The van der Waals surface area contributed by atoms with Crippen LogP contribution in [-0.2, 0) is 16.4 Å². The van der Waals surface area contributed by atoms with Crippen LogP contribution in [0.5, 0.6) is 0 Å². The zero-order chi connectivity index (χ0) is 13.8. The lowest BCUT2D eigenvalue weighted by molar-refractivity contribution is 0.506. The second kappa shape index (κ2) is 6.24. The highest BCUT2D eigenvalue weighted by molar-refractivity contribution is 7.92. The van der Waals surface area contributed by atoms with Crippen molar-refractivity contribution in [2.24, 2.45) is 0 Å². The van der Waals surface area contributed by atoms with E-state index in [-0.39, 0.29) is 5.75 Å². The van der Waals surface area contributed by atoms with E-state index < -0.39 is 26.7 Å². The predicted molar refractivity (Wildman–Crippen MR) is 67.0 cm³/mol. The van der Waals surface area contributed by atoms with Crippen molar-refractivity contribution in [2.75, 3.05) is 12.3 Å². The highest BCUT2D eigenvalue weighted by Gasteiger charge is 2.14. The third-order valence-corrected chi connectivity index (χ3v) is 4.80. The molecule has 0 fully saturated rings. The van der Waals surface area contributed by atoms with Gasteiger partial charge in [0.15, 0.2) is 21.5 Å². The van der Waals surface area contributed by atoms with E-state index in [1.807, 2.05) is 0 Å². The van der Waals surface area contributed by atoms with Crippen molar-refractivity contribution in [3.05, 3.63) is 35.4 Å². The molecular weight excluding hydrogens is 260 g/mol. The molecule has 0 bridgehead atoms. The van der Waals surface area contributed by atoms with Crippen molar-refractivity contribution in [3.63, 3.8) is 0 Å². The second-order valence-corrected chi connectivity index (χ2v) is 7.02. The van der Waals surface area contributed by atoms with Gasteiger partial charge in [-0.2, -0.15) is 0 Å². The van der Waals surface area contributed by atoms with Gasteiger partial charge in [-0.25, -0.2) is 17.2 Å². The summed E-state index contributed by atoms with van der Waals surface area (Å²) in [4.78, 5) is 0. The van der Waals surface area contributed by atoms with Gasteiger partial charge in [-0.15, -0.1) is 0 Å². The number of nitrogens with one attached hydrogen (secondary N) is 1. The third kappa shape index (κ3) is 4.34. The molecule has 1 aromatic carbocycles. The van der Waals surface area contributed by atoms with Crippen LogP contribution >= 0.6 is 0 Å². The highest BCUT2D eigenvalue weighted by atomic mass is 32.2. The first-order valence-corrected chi connectivity index (χ1v) is 7.40. The van der Waals surface area contributed by atoms with Gasteiger partial charge in [-0.1, -0.05) is 6.07 Å². The molecule has 18 heavy (non-hydrogen) atoms. The molecule has 0 saturated heterocycles. The van der Waals surface area contributed by atoms with Crippen LogP contribution < -0.4 is 5.32 Å². The fourth-order valence-corrected chi connectivity index (χ4v) is 2.23. The normalized spacial score (nSPS) is 12.1. The van der Waals surface area contributed by atoms with Crippen LogP contribution in [-0.4, -0.2) is 26.0 Å². The Morgan fingerprint density at radius 3 is 2.44 bits per heavy atom. The van der Waals surface area contributed by atoms with Crippen LogP contribution in [0.3, 0.4) is 0 Å². The van der Waals surface area contributed by atoms with Gasteiger partial charge in [0.25, 0.3) is 0 Å². The largest absolute Gasteiger partial charge is 0.312 e. The van der Waals surface area contributed by atoms with E-state index in [0.29, 0.717) is 18.7 Å². The topological polar surface area (TPSA) is 46.2 Å². The lowest BCUT2D eigenvalue weighted by Crippen LogP contribution is -2.27. The van der Waals surface area contributed by atoms with Crippen molar-refractivity contribution < 1.29 is 17.2 Å². The average Bonchev–Trinajstić information content (AvgIpc) is 2.29. The van der Waals surface area contributed by atoms with Gasteiger partial charge < -0.3 is 5.32 Å². The van der Waals surface area contributed by atoms with Crippen LogP contribution in [0.1, 0.15) is 19.4 Å². The summed E-state index contributed by atoms with van der Waals surface area (Å²) in [6.07, 6.45) is 0. The Balaban J connectivity index is 2.41. The van der Waals surface area contributed by atoms with Gasteiger partial charge in [-0.3, -0.25) is 0 Å². The summed E-state index contributed by atoms with van der Waals surface area (Å²) in [5.41, 5.74) is 0.579. The Labute approximate surface area is 106 Å². The second-order valence-electron chi connectivity index (χ2n) is 4.34. The first-order valence-electron chi connectivity index (χ1n) is 5.69. The molecule has 0 aliphatic carbocycles. The maximum Gasteiger partial charge on any atom is 0.159 e. The molecule has 0 saturated carbocycles. The van der Waals surface area contributed by atoms with Crippen LogP contribution in [0, 0.1) is 11.6 Å². The minimum Gasteiger partial charge on any atom is -0.312 e. The SMILES string of the molecule is CC(C)S(=O)(=O)CCNCc1ccc(F)c(F)c1. The van der Waals surface area contributed by atoms with E-state index in [1.54, 1.807) is 13.8 Å². The van der Waals surface area contributed by atoms with Crippen LogP contribution in [0.4, 0.5) is 8.78 Å². The maximum absolute atomic E-state index is 12.9. The van der Waals surface area contributed by atoms with Crippen molar-refractivity contribution in [1.82, 2.24) is 5.32 Å². The van der Waals surface area contributed by atoms with E-state index in [1.165, 1.54) is 6.07 Å². The molecule has 0 heterocycles. The molecule has 6 heteroatoms. The molecule has 0 spiro atoms. The van der Waals surface area contributed by atoms with Crippen LogP contribution in [0.2, 0.25) is 0 Å². The molecule has 0 unspecified atom stereocenters. The number of hydrogen-bond acceptors (Lipinski definition) is 3. The molecule has 1 aromatic rings. The highest BCUT2D eigenvalue weighted by Crippen LogP contribution is 2.08. The number of rotatable bonds is 6. The van der Waals surface area contributed by atoms with E-state index in [9.17, 15) is 17.2 Å². The lowest BCUT2D eigenvalue weighted by atomic mass is 10.2. The van der Waals surface area contributed by atoms with Crippen LogP contribution in [0.25, 0.3) is 0 Å². The maximum atomic E-state index is 12.9. The molecule has 1 N–H and O–H groups in total. The van der Waals surface area contributed by atoms with E-state index in [2.05, 4.69) is 5.32 Å². The van der Waals surface area contributed by atoms with Gasteiger partial charge in [0.05, 0.1) is 11.0 Å².